The van der Waals surface area contributed by atoms with Crippen LogP contribution in [0, 0.1) is 13.8 Å². The topological polar surface area (TPSA) is 39.1 Å². The number of nitrogens with zero attached hydrogens (tertiary/aromatic N) is 2. The van der Waals surface area contributed by atoms with E-state index in [1.54, 1.807) is 7.11 Å². The summed E-state index contributed by atoms with van der Waals surface area (Å²) < 4.78 is 7.15. The van der Waals surface area contributed by atoms with Crippen LogP contribution in [0.1, 0.15) is 17.8 Å². The number of hydrogen-bond acceptors (Lipinski definition) is 3. The van der Waals surface area contributed by atoms with Crippen molar-refractivity contribution in [2.24, 2.45) is 0 Å². The summed E-state index contributed by atoms with van der Waals surface area (Å²) in [6.07, 6.45) is 2.97. The lowest BCUT2D eigenvalue weighted by Crippen LogP contribution is -2.22. The van der Waals surface area contributed by atoms with Gasteiger partial charge in [-0.2, -0.15) is 0 Å². The largest absolute Gasteiger partial charge is 0.385 e. The Morgan fingerprint density at radius 3 is 2.80 bits per heavy atom. The molecule has 4 nitrogen and oxygen atoms in total. The molecule has 1 heterocycles. The Kier molecular flexibility index (Phi) is 5.36. The maximum atomic E-state index is 4.97. The van der Waals surface area contributed by atoms with Crippen molar-refractivity contribution in [3.8, 4) is 0 Å². The molecule has 0 aliphatic heterocycles. The van der Waals surface area contributed by atoms with E-state index in [0.29, 0.717) is 0 Å². The zero-order chi connectivity index (χ0) is 11.1. The van der Waals surface area contributed by atoms with E-state index in [9.17, 15) is 0 Å². The van der Waals surface area contributed by atoms with E-state index in [-0.39, 0.29) is 0 Å². The third-order valence-corrected chi connectivity index (χ3v) is 2.58. The number of rotatable bonds is 7. The van der Waals surface area contributed by atoms with Crippen LogP contribution in [0.5, 0.6) is 0 Å². The van der Waals surface area contributed by atoms with Gasteiger partial charge in [0.1, 0.15) is 0 Å². The molecule has 0 radical (unpaired) electrons. The fraction of sp³-hybridized carbons (Fsp3) is 0.727. The second kappa shape index (κ2) is 6.58. The van der Waals surface area contributed by atoms with Gasteiger partial charge in [-0.25, -0.2) is 4.98 Å². The summed E-state index contributed by atoms with van der Waals surface area (Å²) in [5, 5.41) is 3.38. The van der Waals surface area contributed by atoms with Crippen LogP contribution in [0.15, 0.2) is 6.33 Å². The minimum atomic E-state index is 0.830. The molecule has 15 heavy (non-hydrogen) atoms. The Morgan fingerprint density at radius 1 is 1.40 bits per heavy atom. The van der Waals surface area contributed by atoms with Crippen molar-refractivity contribution in [1.29, 1.82) is 0 Å². The molecule has 0 unspecified atom stereocenters. The van der Waals surface area contributed by atoms with Crippen molar-refractivity contribution in [1.82, 2.24) is 14.9 Å². The molecule has 0 amide bonds. The molecule has 0 aromatic carbocycles. The van der Waals surface area contributed by atoms with Crippen LogP contribution in [-0.4, -0.2) is 36.4 Å². The average Bonchev–Trinajstić information content (AvgIpc) is 2.54. The van der Waals surface area contributed by atoms with E-state index in [4.69, 9.17) is 4.74 Å². The number of imidazole rings is 1. The molecule has 0 bridgehead atoms. The number of aromatic nitrogens is 2. The highest BCUT2D eigenvalue weighted by Crippen LogP contribution is 2.02. The minimum Gasteiger partial charge on any atom is -0.385 e. The van der Waals surface area contributed by atoms with E-state index in [2.05, 4.69) is 21.8 Å². The molecule has 0 fully saturated rings. The van der Waals surface area contributed by atoms with Crippen molar-refractivity contribution in [3.05, 3.63) is 17.7 Å². The van der Waals surface area contributed by atoms with Crippen molar-refractivity contribution < 1.29 is 4.74 Å². The SMILES string of the molecule is COCCCNCCn1cnc(C)c1C. The first-order chi connectivity index (χ1) is 7.25. The molecule has 0 aliphatic carbocycles. The summed E-state index contributed by atoms with van der Waals surface area (Å²) in [7, 11) is 1.73. The summed E-state index contributed by atoms with van der Waals surface area (Å²) in [6.45, 7) is 7.96. The van der Waals surface area contributed by atoms with Gasteiger partial charge < -0.3 is 14.6 Å². The molecule has 0 saturated heterocycles. The summed E-state index contributed by atoms with van der Waals surface area (Å²) in [6, 6.07) is 0. The van der Waals surface area contributed by atoms with E-state index in [1.165, 1.54) is 5.69 Å². The van der Waals surface area contributed by atoms with Gasteiger partial charge in [0.15, 0.2) is 0 Å². The predicted molar refractivity (Wildman–Crippen MR) is 61.1 cm³/mol. The highest BCUT2D eigenvalue weighted by atomic mass is 16.5. The molecule has 0 saturated carbocycles. The minimum absolute atomic E-state index is 0.830. The van der Waals surface area contributed by atoms with Gasteiger partial charge in [-0.15, -0.1) is 0 Å². The van der Waals surface area contributed by atoms with Gasteiger partial charge in [-0.3, -0.25) is 0 Å². The summed E-state index contributed by atoms with van der Waals surface area (Å²) in [4.78, 5) is 4.26. The summed E-state index contributed by atoms with van der Waals surface area (Å²) >= 11 is 0. The van der Waals surface area contributed by atoms with Gasteiger partial charge in [0.05, 0.1) is 12.0 Å². The van der Waals surface area contributed by atoms with Crippen molar-refractivity contribution in [2.45, 2.75) is 26.8 Å². The second-order valence-electron chi connectivity index (χ2n) is 3.71. The van der Waals surface area contributed by atoms with Crippen LogP contribution in [0.3, 0.4) is 0 Å². The van der Waals surface area contributed by atoms with Crippen LogP contribution in [0.25, 0.3) is 0 Å². The number of ether oxygens (including phenoxy) is 1. The van der Waals surface area contributed by atoms with E-state index < -0.39 is 0 Å². The Bertz CT molecular complexity index is 283. The van der Waals surface area contributed by atoms with Gasteiger partial charge in [0, 0.05) is 32.5 Å². The maximum Gasteiger partial charge on any atom is 0.0951 e. The number of hydrogen-bond donors (Lipinski definition) is 1. The van der Waals surface area contributed by atoms with Gasteiger partial charge in [-0.1, -0.05) is 0 Å². The lowest BCUT2D eigenvalue weighted by Gasteiger charge is -2.07. The fourth-order valence-electron chi connectivity index (χ4n) is 1.44. The smallest absolute Gasteiger partial charge is 0.0951 e. The molecule has 0 aliphatic rings. The molecular formula is C11H21N3O. The Morgan fingerprint density at radius 2 is 2.20 bits per heavy atom. The summed E-state index contributed by atoms with van der Waals surface area (Å²) in [5.74, 6) is 0. The zero-order valence-corrected chi connectivity index (χ0v) is 9.92. The fourth-order valence-corrected chi connectivity index (χ4v) is 1.44. The van der Waals surface area contributed by atoms with Crippen LogP contribution in [0.2, 0.25) is 0 Å². The van der Waals surface area contributed by atoms with Crippen LogP contribution in [-0.2, 0) is 11.3 Å². The summed E-state index contributed by atoms with van der Waals surface area (Å²) in [5.41, 5.74) is 2.38. The molecule has 1 aromatic rings. The highest BCUT2D eigenvalue weighted by molar-refractivity contribution is 5.08. The van der Waals surface area contributed by atoms with Gasteiger partial charge in [0.25, 0.3) is 0 Å². The molecule has 4 heteroatoms. The molecule has 1 N–H and O–H groups in total. The van der Waals surface area contributed by atoms with E-state index >= 15 is 0 Å². The molecule has 0 spiro atoms. The van der Waals surface area contributed by atoms with E-state index in [0.717, 1.165) is 38.4 Å². The molecule has 1 rings (SSSR count). The maximum absolute atomic E-state index is 4.97. The monoisotopic (exact) mass is 211 g/mol. The van der Waals surface area contributed by atoms with Crippen LogP contribution >= 0.6 is 0 Å². The highest BCUT2D eigenvalue weighted by Gasteiger charge is 2.00. The quantitative estimate of drug-likeness (QED) is 0.687. The molecular weight excluding hydrogens is 190 g/mol. The molecule has 1 aromatic heterocycles. The van der Waals surface area contributed by atoms with Crippen LogP contribution in [0.4, 0.5) is 0 Å². The standard InChI is InChI=1S/C11H21N3O/c1-10-11(2)14(9-13-10)7-6-12-5-4-8-15-3/h9,12H,4-8H2,1-3H3. The third kappa shape index (κ3) is 4.01. The second-order valence-corrected chi connectivity index (χ2v) is 3.71. The lowest BCUT2D eigenvalue weighted by atomic mass is 10.4. The predicted octanol–water partition coefficient (Wildman–Crippen LogP) is 1.13. The van der Waals surface area contributed by atoms with Gasteiger partial charge >= 0.3 is 0 Å². The number of methoxy groups -OCH3 is 1. The normalized spacial score (nSPS) is 10.9. The first kappa shape index (κ1) is 12.2. The first-order valence-electron chi connectivity index (χ1n) is 5.43. The molecule has 86 valence electrons. The van der Waals surface area contributed by atoms with Crippen molar-refractivity contribution in [2.75, 3.05) is 26.8 Å². The first-order valence-corrected chi connectivity index (χ1v) is 5.43. The van der Waals surface area contributed by atoms with Crippen LogP contribution < -0.4 is 5.32 Å². The third-order valence-electron chi connectivity index (χ3n) is 2.58. The Balaban J connectivity index is 2.12. The average molecular weight is 211 g/mol. The van der Waals surface area contributed by atoms with Crippen molar-refractivity contribution >= 4 is 0 Å². The molecule has 0 atom stereocenters. The van der Waals surface area contributed by atoms with Gasteiger partial charge in [0.2, 0.25) is 0 Å². The number of aryl methyl sites for hydroxylation is 1. The Hall–Kier alpha value is -0.870. The van der Waals surface area contributed by atoms with Gasteiger partial charge in [-0.05, 0) is 26.8 Å². The number of nitrogens with one attached hydrogen (secondary N) is 1. The zero-order valence-electron chi connectivity index (χ0n) is 9.92. The Labute approximate surface area is 91.7 Å². The lowest BCUT2D eigenvalue weighted by molar-refractivity contribution is 0.194. The van der Waals surface area contributed by atoms with E-state index in [1.807, 2.05) is 13.3 Å². The van der Waals surface area contributed by atoms with Crippen molar-refractivity contribution in [3.63, 3.8) is 0 Å².